The molecule has 2 aromatic heterocycles. The van der Waals surface area contributed by atoms with Crippen LogP contribution in [0.5, 0.6) is 0 Å². The lowest BCUT2D eigenvalue weighted by Gasteiger charge is -2.34. The van der Waals surface area contributed by atoms with Crippen molar-refractivity contribution >= 4 is 16.5 Å². The number of hydrogen-bond donors (Lipinski definition) is 0. The van der Waals surface area contributed by atoms with Gasteiger partial charge < -0.3 is 4.90 Å². The van der Waals surface area contributed by atoms with E-state index in [4.69, 9.17) is 0 Å². The second-order valence-corrected chi connectivity index (χ2v) is 6.44. The molecule has 1 aliphatic rings. The lowest BCUT2D eigenvalue weighted by atomic mass is 10.2. The number of aryl methyl sites for hydroxylation is 2. The summed E-state index contributed by atoms with van der Waals surface area (Å²) in [6, 6.07) is 4.15. The fourth-order valence-corrected chi connectivity index (χ4v) is 3.40. The van der Waals surface area contributed by atoms with E-state index in [1.165, 1.54) is 21.3 Å². The SMILES string of the molecule is Cc1nc(N2CCN(Cc3cccnc3)CC2)sc1C. The molecule has 1 aliphatic heterocycles. The first-order valence-corrected chi connectivity index (χ1v) is 7.84. The van der Waals surface area contributed by atoms with Gasteiger partial charge in [-0.15, -0.1) is 11.3 Å². The Morgan fingerprint density at radius 1 is 1.20 bits per heavy atom. The van der Waals surface area contributed by atoms with Gasteiger partial charge in [0.15, 0.2) is 5.13 Å². The third-order valence-corrected chi connectivity index (χ3v) is 4.92. The third-order valence-electron chi connectivity index (χ3n) is 3.79. The van der Waals surface area contributed by atoms with Gasteiger partial charge in [0.1, 0.15) is 0 Å². The van der Waals surface area contributed by atoms with Gasteiger partial charge in [0, 0.05) is 50.0 Å². The highest BCUT2D eigenvalue weighted by Crippen LogP contribution is 2.26. The molecule has 3 rings (SSSR count). The number of pyridine rings is 1. The van der Waals surface area contributed by atoms with Crippen molar-refractivity contribution in [3.05, 3.63) is 40.7 Å². The fourth-order valence-electron chi connectivity index (χ4n) is 2.44. The molecular formula is C15H20N4S. The maximum atomic E-state index is 4.66. The maximum Gasteiger partial charge on any atom is 0.185 e. The predicted molar refractivity (Wildman–Crippen MR) is 83.3 cm³/mol. The summed E-state index contributed by atoms with van der Waals surface area (Å²) in [5.41, 5.74) is 2.46. The lowest BCUT2D eigenvalue weighted by molar-refractivity contribution is 0.249. The van der Waals surface area contributed by atoms with Gasteiger partial charge in [0.25, 0.3) is 0 Å². The van der Waals surface area contributed by atoms with Crippen LogP contribution in [0.25, 0.3) is 0 Å². The first-order valence-electron chi connectivity index (χ1n) is 7.02. The zero-order chi connectivity index (χ0) is 13.9. The fraction of sp³-hybridized carbons (Fsp3) is 0.467. The van der Waals surface area contributed by atoms with Gasteiger partial charge in [-0.1, -0.05) is 6.07 Å². The number of hydrogen-bond acceptors (Lipinski definition) is 5. The van der Waals surface area contributed by atoms with Crippen molar-refractivity contribution in [3.63, 3.8) is 0 Å². The average molecular weight is 288 g/mol. The van der Waals surface area contributed by atoms with Crippen LogP contribution < -0.4 is 4.90 Å². The zero-order valence-corrected chi connectivity index (χ0v) is 12.9. The van der Waals surface area contributed by atoms with E-state index in [2.05, 4.69) is 39.7 Å². The summed E-state index contributed by atoms with van der Waals surface area (Å²) in [4.78, 5) is 15.1. The van der Waals surface area contributed by atoms with Crippen LogP contribution in [0.1, 0.15) is 16.1 Å². The normalized spacial score (nSPS) is 16.6. The Hall–Kier alpha value is -1.46. The number of nitrogens with zero attached hydrogens (tertiary/aromatic N) is 4. The number of rotatable bonds is 3. The van der Waals surface area contributed by atoms with Crippen molar-refractivity contribution in [2.24, 2.45) is 0 Å². The lowest BCUT2D eigenvalue weighted by Crippen LogP contribution is -2.45. The first kappa shape index (κ1) is 13.5. The van der Waals surface area contributed by atoms with Crippen molar-refractivity contribution in [3.8, 4) is 0 Å². The molecule has 4 nitrogen and oxygen atoms in total. The molecule has 0 amide bonds. The highest BCUT2D eigenvalue weighted by atomic mass is 32.1. The molecule has 0 aromatic carbocycles. The van der Waals surface area contributed by atoms with Crippen molar-refractivity contribution in [2.45, 2.75) is 20.4 Å². The Kier molecular flexibility index (Phi) is 3.98. The predicted octanol–water partition coefficient (Wildman–Crippen LogP) is 2.48. The average Bonchev–Trinajstić information content (AvgIpc) is 2.81. The third kappa shape index (κ3) is 2.99. The van der Waals surface area contributed by atoms with Gasteiger partial charge >= 0.3 is 0 Å². The molecule has 0 N–H and O–H groups in total. The van der Waals surface area contributed by atoms with Gasteiger partial charge in [-0.05, 0) is 25.5 Å². The number of anilines is 1. The van der Waals surface area contributed by atoms with Crippen LogP contribution in [0, 0.1) is 13.8 Å². The van der Waals surface area contributed by atoms with Crippen LogP contribution >= 0.6 is 11.3 Å². The zero-order valence-electron chi connectivity index (χ0n) is 12.0. The Labute approximate surface area is 124 Å². The van der Waals surface area contributed by atoms with E-state index < -0.39 is 0 Å². The first-order chi connectivity index (χ1) is 9.72. The van der Waals surface area contributed by atoms with Crippen LogP contribution in [-0.2, 0) is 6.54 Å². The Balaban J connectivity index is 1.57. The number of aromatic nitrogens is 2. The minimum Gasteiger partial charge on any atom is -0.346 e. The van der Waals surface area contributed by atoms with Crippen LogP contribution in [0.3, 0.4) is 0 Å². The van der Waals surface area contributed by atoms with Crippen LogP contribution in [0.15, 0.2) is 24.5 Å². The Bertz CT molecular complexity index is 539. The quantitative estimate of drug-likeness (QED) is 0.868. The molecule has 0 unspecified atom stereocenters. The molecule has 1 fully saturated rings. The number of piperazine rings is 1. The highest BCUT2D eigenvalue weighted by Gasteiger charge is 2.19. The van der Waals surface area contributed by atoms with Gasteiger partial charge in [0.2, 0.25) is 0 Å². The molecule has 20 heavy (non-hydrogen) atoms. The highest BCUT2D eigenvalue weighted by molar-refractivity contribution is 7.15. The summed E-state index contributed by atoms with van der Waals surface area (Å²) < 4.78 is 0. The van der Waals surface area contributed by atoms with E-state index in [0.29, 0.717) is 0 Å². The molecule has 0 spiro atoms. The molecule has 2 aromatic rings. The second kappa shape index (κ2) is 5.89. The molecular weight excluding hydrogens is 268 g/mol. The van der Waals surface area contributed by atoms with Gasteiger partial charge in [-0.2, -0.15) is 0 Å². The van der Waals surface area contributed by atoms with Crippen molar-refractivity contribution < 1.29 is 0 Å². The molecule has 0 bridgehead atoms. The van der Waals surface area contributed by atoms with E-state index in [0.717, 1.165) is 32.7 Å². The summed E-state index contributed by atoms with van der Waals surface area (Å²) >= 11 is 1.81. The minimum absolute atomic E-state index is 0.998. The molecule has 0 atom stereocenters. The topological polar surface area (TPSA) is 32.3 Å². The summed E-state index contributed by atoms with van der Waals surface area (Å²) in [5, 5.41) is 1.18. The molecule has 5 heteroatoms. The van der Waals surface area contributed by atoms with E-state index in [1.54, 1.807) is 0 Å². The minimum atomic E-state index is 0.998. The van der Waals surface area contributed by atoms with E-state index in [9.17, 15) is 0 Å². The Morgan fingerprint density at radius 2 is 2.00 bits per heavy atom. The van der Waals surface area contributed by atoms with Crippen LogP contribution in [0.4, 0.5) is 5.13 Å². The smallest absolute Gasteiger partial charge is 0.185 e. The summed E-state index contributed by atoms with van der Waals surface area (Å²) in [6.07, 6.45) is 3.79. The standard InChI is InChI=1S/C15H20N4S/c1-12-13(2)20-15(17-12)19-8-6-18(7-9-19)11-14-4-3-5-16-10-14/h3-5,10H,6-9,11H2,1-2H3. The summed E-state index contributed by atoms with van der Waals surface area (Å²) in [5.74, 6) is 0. The van der Waals surface area contributed by atoms with Crippen molar-refractivity contribution in [2.75, 3.05) is 31.1 Å². The van der Waals surface area contributed by atoms with Crippen molar-refractivity contribution in [1.82, 2.24) is 14.9 Å². The molecule has 0 aliphatic carbocycles. The molecule has 0 saturated carbocycles. The molecule has 1 saturated heterocycles. The van der Waals surface area contributed by atoms with Gasteiger partial charge in [-0.3, -0.25) is 9.88 Å². The monoisotopic (exact) mass is 288 g/mol. The number of thiazole rings is 1. The largest absolute Gasteiger partial charge is 0.346 e. The molecule has 3 heterocycles. The molecule has 106 valence electrons. The summed E-state index contributed by atoms with van der Waals surface area (Å²) in [6.45, 7) is 9.54. The van der Waals surface area contributed by atoms with E-state index >= 15 is 0 Å². The maximum absolute atomic E-state index is 4.66. The van der Waals surface area contributed by atoms with Crippen LogP contribution in [-0.4, -0.2) is 41.0 Å². The summed E-state index contributed by atoms with van der Waals surface area (Å²) in [7, 11) is 0. The molecule has 0 radical (unpaired) electrons. The van der Waals surface area contributed by atoms with Gasteiger partial charge in [-0.25, -0.2) is 4.98 Å². The van der Waals surface area contributed by atoms with E-state index in [-0.39, 0.29) is 0 Å². The Morgan fingerprint density at radius 3 is 2.60 bits per heavy atom. The van der Waals surface area contributed by atoms with Crippen LogP contribution in [0.2, 0.25) is 0 Å². The van der Waals surface area contributed by atoms with Crippen molar-refractivity contribution in [1.29, 1.82) is 0 Å². The second-order valence-electron chi connectivity index (χ2n) is 5.26. The van der Waals surface area contributed by atoms with E-state index in [1.807, 2.05) is 29.8 Å². The van der Waals surface area contributed by atoms with Gasteiger partial charge in [0.05, 0.1) is 5.69 Å².